The van der Waals surface area contributed by atoms with Crippen molar-refractivity contribution in [2.24, 2.45) is 5.84 Å². The fraction of sp³-hybridized carbons (Fsp3) is 0.571. The summed E-state index contributed by atoms with van der Waals surface area (Å²) in [5.74, 6) is 5.81. The third-order valence-electron chi connectivity index (χ3n) is 3.89. The van der Waals surface area contributed by atoms with Crippen LogP contribution in [0.4, 0.5) is 0 Å². The molecular weight excluding hydrogens is 260 g/mol. The van der Waals surface area contributed by atoms with Crippen LogP contribution in [0.25, 0.3) is 0 Å². The van der Waals surface area contributed by atoms with Crippen molar-refractivity contribution in [3.63, 3.8) is 0 Å². The van der Waals surface area contributed by atoms with Gasteiger partial charge in [0, 0.05) is 17.6 Å². The molecule has 3 N–H and O–H groups in total. The van der Waals surface area contributed by atoms with Gasteiger partial charge >= 0.3 is 0 Å². The molecule has 4 nitrogen and oxygen atoms in total. The van der Waals surface area contributed by atoms with Crippen LogP contribution in [0.5, 0.6) is 0 Å². The van der Waals surface area contributed by atoms with Crippen molar-refractivity contribution in [2.45, 2.75) is 18.5 Å². The second-order valence-electron chi connectivity index (χ2n) is 5.36. The lowest BCUT2D eigenvalue weighted by atomic mass is 9.98. The van der Waals surface area contributed by atoms with Gasteiger partial charge in [0.15, 0.2) is 0 Å². The van der Waals surface area contributed by atoms with Gasteiger partial charge in [0.2, 0.25) is 0 Å². The maximum atomic E-state index is 6.09. The number of rotatable bonds is 3. The predicted molar refractivity (Wildman–Crippen MR) is 80.0 cm³/mol. The SMILES string of the molecule is CN1CCCN(C)C(C(NN)c2cccc(Cl)c2)C1. The summed E-state index contributed by atoms with van der Waals surface area (Å²) in [7, 11) is 4.33. The van der Waals surface area contributed by atoms with Crippen LogP contribution in [0, 0.1) is 0 Å². The summed E-state index contributed by atoms with van der Waals surface area (Å²) in [5, 5.41) is 0.752. The monoisotopic (exact) mass is 282 g/mol. The number of halogens is 1. The Labute approximate surface area is 120 Å². The van der Waals surface area contributed by atoms with Crippen molar-refractivity contribution < 1.29 is 0 Å². The van der Waals surface area contributed by atoms with Crippen LogP contribution in [0.1, 0.15) is 18.0 Å². The molecule has 0 aromatic heterocycles. The molecule has 0 amide bonds. The summed E-state index contributed by atoms with van der Waals surface area (Å²) >= 11 is 6.09. The summed E-state index contributed by atoms with van der Waals surface area (Å²) in [6.07, 6.45) is 1.19. The van der Waals surface area contributed by atoms with E-state index in [0.29, 0.717) is 6.04 Å². The van der Waals surface area contributed by atoms with Gasteiger partial charge in [-0.15, -0.1) is 0 Å². The van der Waals surface area contributed by atoms with E-state index in [-0.39, 0.29) is 6.04 Å². The third kappa shape index (κ3) is 3.68. The quantitative estimate of drug-likeness (QED) is 0.651. The van der Waals surface area contributed by atoms with Crippen molar-refractivity contribution in [3.8, 4) is 0 Å². The molecule has 1 aliphatic rings. The van der Waals surface area contributed by atoms with Gasteiger partial charge in [0.1, 0.15) is 0 Å². The first kappa shape index (κ1) is 14.8. The molecule has 0 bridgehead atoms. The number of benzene rings is 1. The zero-order chi connectivity index (χ0) is 13.8. The zero-order valence-corrected chi connectivity index (χ0v) is 12.4. The van der Waals surface area contributed by atoms with E-state index in [1.807, 2.05) is 18.2 Å². The number of likely N-dealkylation sites (N-methyl/N-ethyl adjacent to an activating group) is 2. The molecule has 1 heterocycles. The first-order valence-electron chi connectivity index (χ1n) is 6.72. The molecule has 1 aliphatic heterocycles. The van der Waals surface area contributed by atoms with Gasteiger partial charge < -0.3 is 9.80 Å². The van der Waals surface area contributed by atoms with Gasteiger partial charge in [0.05, 0.1) is 6.04 Å². The topological polar surface area (TPSA) is 44.5 Å². The molecule has 0 spiro atoms. The zero-order valence-electron chi connectivity index (χ0n) is 11.6. The Morgan fingerprint density at radius 2 is 2.16 bits per heavy atom. The van der Waals surface area contributed by atoms with E-state index in [1.54, 1.807) is 0 Å². The first-order valence-corrected chi connectivity index (χ1v) is 7.10. The number of hydrazine groups is 1. The Bertz CT molecular complexity index is 412. The Morgan fingerprint density at radius 1 is 1.37 bits per heavy atom. The number of nitrogens with one attached hydrogen (secondary N) is 1. The summed E-state index contributed by atoms with van der Waals surface area (Å²) in [5.41, 5.74) is 4.11. The molecule has 19 heavy (non-hydrogen) atoms. The first-order chi connectivity index (χ1) is 9.11. The smallest absolute Gasteiger partial charge is 0.0628 e. The average Bonchev–Trinajstić information content (AvgIpc) is 2.53. The van der Waals surface area contributed by atoms with E-state index in [4.69, 9.17) is 17.4 Å². The predicted octanol–water partition coefficient (Wildman–Crippen LogP) is 1.48. The van der Waals surface area contributed by atoms with Crippen LogP contribution < -0.4 is 11.3 Å². The van der Waals surface area contributed by atoms with Crippen LogP contribution in [0.3, 0.4) is 0 Å². The minimum Gasteiger partial charge on any atom is -0.305 e. The molecule has 1 aromatic rings. The molecule has 1 aromatic carbocycles. The van der Waals surface area contributed by atoms with E-state index in [0.717, 1.165) is 30.2 Å². The second-order valence-corrected chi connectivity index (χ2v) is 5.80. The molecule has 0 radical (unpaired) electrons. The Balaban J connectivity index is 2.24. The lowest BCUT2D eigenvalue weighted by molar-refractivity contribution is 0.178. The Kier molecular flexibility index (Phi) is 5.19. The molecule has 2 rings (SSSR count). The maximum Gasteiger partial charge on any atom is 0.0628 e. The van der Waals surface area contributed by atoms with Crippen molar-refractivity contribution in [2.75, 3.05) is 33.7 Å². The molecule has 1 saturated heterocycles. The Morgan fingerprint density at radius 3 is 2.84 bits per heavy atom. The third-order valence-corrected chi connectivity index (χ3v) is 4.12. The molecule has 2 unspecified atom stereocenters. The van der Waals surface area contributed by atoms with Gasteiger partial charge in [0.25, 0.3) is 0 Å². The summed E-state index contributed by atoms with van der Waals surface area (Å²) in [4.78, 5) is 4.75. The fourth-order valence-electron chi connectivity index (χ4n) is 2.80. The minimum atomic E-state index is 0.0873. The lowest BCUT2D eigenvalue weighted by Gasteiger charge is -2.34. The van der Waals surface area contributed by atoms with E-state index >= 15 is 0 Å². The van der Waals surface area contributed by atoms with Gasteiger partial charge in [-0.2, -0.15) is 0 Å². The normalized spacial score (nSPS) is 24.1. The van der Waals surface area contributed by atoms with Crippen molar-refractivity contribution >= 4 is 11.6 Å². The standard InChI is InChI=1S/C14H23ClN4/c1-18-7-4-8-19(2)13(10-18)14(17-16)11-5-3-6-12(15)9-11/h3,5-6,9,13-14,17H,4,7-8,10,16H2,1-2H3. The minimum absolute atomic E-state index is 0.0873. The van der Waals surface area contributed by atoms with Gasteiger partial charge in [-0.1, -0.05) is 23.7 Å². The van der Waals surface area contributed by atoms with Crippen LogP contribution >= 0.6 is 11.6 Å². The highest BCUT2D eigenvalue weighted by molar-refractivity contribution is 6.30. The van der Waals surface area contributed by atoms with Gasteiger partial charge in [-0.3, -0.25) is 11.3 Å². The molecule has 0 saturated carbocycles. The average molecular weight is 283 g/mol. The van der Waals surface area contributed by atoms with Gasteiger partial charge in [-0.05, 0) is 51.3 Å². The number of hydrogen-bond donors (Lipinski definition) is 2. The molecular formula is C14H23ClN4. The molecule has 5 heteroatoms. The van der Waals surface area contributed by atoms with E-state index in [1.165, 1.54) is 6.42 Å². The number of hydrogen-bond acceptors (Lipinski definition) is 4. The second kappa shape index (κ2) is 6.68. The maximum absolute atomic E-state index is 6.09. The van der Waals surface area contributed by atoms with Gasteiger partial charge in [-0.25, -0.2) is 0 Å². The number of nitrogens with two attached hydrogens (primary N) is 1. The molecule has 2 atom stereocenters. The van der Waals surface area contributed by atoms with E-state index < -0.39 is 0 Å². The van der Waals surface area contributed by atoms with E-state index in [2.05, 4.69) is 35.4 Å². The van der Waals surface area contributed by atoms with Crippen molar-refractivity contribution in [1.82, 2.24) is 15.2 Å². The van der Waals surface area contributed by atoms with Crippen molar-refractivity contribution in [3.05, 3.63) is 34.9 Å². The van der Waals surface area contributed by atoms with Crippen LogP contribution in [-0.2, 0) is 0 Å². The Hall–Kier alpha value is -0.650. The summed E-state index contributed by atoms with van der Waals surface area (Å²) in [6.45, 7) is 3.22. The van der Waals surface area contributed by atoms with E-state index in [9.17, 15) is 0 Å². The van der Waals surface area contributed by atoms with Crippen LogP contribution in [-0.4, -0.2) is 49.6 Å². The highest BCUT2D eigenvalue weighted by Crippen LogP contribution is 2.24. The fourth-order valence-corrected chi connectivity index (χ4v) is 2.99. The summed E-state index contributed by atoms with van der Waals surface area (Å²) < 4.78 is 0. The van der Waals surface area contributed by atoms with Crippen molar-refractivity contribution in [1.29, 1.82) is 0 Å². The van der Waals surface area contributed by atoms with Crippen LogP contribution in [0.15, 0.2) is 24.3 Å². The van der Waals surface area contributed by atoms with Crippen LogP contribution in [0.2, 0.25) is 5.02 Å². The highest BCUT2D eigenvalue weighted by atomic mass is 35.5. The molecule has 106 valence electrons. The highest BCUT2D eigenvalue weighted by Gasteiger charge is 2.28. The number of nitrogens with zero attached hydrogens (tertiary/aromatic N) is 2. The molecule has 1 fully saturated rings. The largest absolute Gasteiger partial charge is 0.305 e. The summed E-state index contributed by atoms with van der Waals surface area (Å²) in [6, 6.07) is 8.37. The lowest BCUT2D eigenvalue weighted by Crippen LogP contribution is -2.48. The molecule has 0 aliphatic carbocycles.